The monoisotopic (exact) mass is 435 g/mol. The summed E-state index contributed by atoms with van der Waals surface area (Å²) >= 11 is 0. The molecule has 1 aliphatic rings. The molecule has 0 bridgehead atoms. The Kier molecular flexibility index (Phi) is 7.12. The number of nitrogens with one attached hydrogen (secondary N) is 1. The number of hydrogen-bond donors (Lipinski definition) is 2. The molecule has 31 heavy (non-hydrogen) atoms. The van der Waals surface area contributed by atoms with Crippen LogP contribution in [0.4, 0.5) is 8.78 Å². The number of ether oxygens (including phenoxy) is 3. The van der Waals surface area contributed by atoms with Gasteiger partial charge in [0.1, 0.15) is 11.6 Å². The van der Waals surface area contributed by atoms with E-state index in [4.69, 9.17) is 14.2 Å². The highest BCUT2D eigenvalue weighted by molar-refractivity contribution is 5.92. The molecular formula is C23H27F2NO5. The van der Waals surface area contributed by atoms with Crippen molar-refractivity contribution in [3.63, 3.8) is 0 Å². The quantitative estimate of drug-likeness (QED) is 0.631. The van der Waals surface area contributed by atoms with E-state index in [1.54, 1.807) is 12.1 Å². The lowest BCUT2D eigenvalue weighted by atomic mass is 9.75. The summed E-state index contributed by atoms with van der Waals surface area (Å²) in [6.45, 7) is 0.0748. The van der Waals surface area contributed by atoms with Crippen molar-refractivity contribution in [2.24, 2.45) is 5.41 Å². The number of carbonyl (C=O) groups is 1. The third kappa shape index (κ3) is 4.65. The highest BCUT2D eigenvalue weighted by Gasteiger charge is 2.47. The first kappa shape index (κ1) is 23.0. The van der Waals surface area contributed by atoms with Crippen LogP contribution in [0.2, 0.25) is 0 Å². The molecule has 0 saturated carbocycles. The van der Waals surface area contributed by atoms with Crippen LogP contribution < -0.4 is 19.5 Å². The van der Waals surface area contributed by atoms with E-state index in [9.17, 15) is 18.7 Å². The summed E-state index contributed by atoms with van der Waals surface area (Å²) in [5, 5.41) is 12.8. The lowest BCUT2D eigenvalue weighted by Gasteiger charge is -2.26. The van der Waals surface area contributed by atoms with Gasteiger partial charge in [0.15, 0.2) is 17.3 Å². The van der Waals surface area contributed by atoms with Gasteiger partial charge in [-0.15, -0.1) is 0 Å². The van der Waals surface area contributed by atoms with Gasteiger partial charge in [0.05, 0.1) is 27.4 Å². The largest absolute Gasteiger partial charge is 0.493 e. The number of aliphatic hydroxyl groups is 1. The van der Waals surface area contributed by atoms with E-state index >= 15 is 0 Å². The molecule has 2 aromatic carbocycles. The van der Waals surface area contributed by atoms with Crippen LogP contribution in [0, 0.1) is 17.0 Å². The maximum absolute atomic E-state index is 14.2. The van der Waals surface area contributed by atoms with Crippen molar-refractivity contribution in [3.05, 3.63) is 53.1 Å². The van der Waals surface area contributed by atoms with Crippen LogP contribution in [-0.2, 0) is 17.6 Å². The maximum atomic E-state index is 14.2. The molecule has 2 aromatic rings. The summed E-state index contributed by atoms with van der Waals surface area (Å²) in [5.74, 6) is -0.0544. The van der Waals surface area contributed by atoms with E-state index in [1.165, 1.54) is 33.5 Å². The molecule has 168 valence electrons. The van der Waals surface area contributed by atoms with Gasteiger partial charge in [-0.1, -0.05) is 6.07 Å². The van der Waals surface area contributed by atoms with Gasteiger partial charge < -0.3 is 24.6 Å². The zero-order valence-electron chi connectivity index (χ0n) is 17.8. The SMILES string of the molecule is COc1cc(CC2NCC(CCO)(Cc3ccc(F)cc3F)C2=O)cc(OC)c1OC. The Morgan fingerprint density at radius 1 is 1.10 bits per heavy atom. The molecule has 0 spiro atoms. The van der Waals surface area contributed by atoms with Crippen molar-refractivity contribution in [1.29, 1.82) is 0 Å². The fourth-order valence-electron chi connectivity index (χ4n) is 4.22. The fourth-order valence-corrected chi connectivity index (χ4v) is 4.22. The summed E-state index contributed by atoms with van der Waals surface area (Å²) in [5.41, 5.74) is 0.0742. The normalized spacial score (nSPS) is 20.7. The van der Waals surface area contributed by atoms with E-state index in [2.05, 4.69) is 5.32 Å². The summed E-state index contributed by atoms with van der Waals surface area (Å²) in [6.07, 6.45) is 0.618. The van der Waals surface area contributed by atoms with Crippen molar-refractivity contribution in [1.82, 2.24) is 5.32 Å². The standard InChI is InChI=1S/C23H27F2NO5/c1-29-19-9-14(10-20(30-2)21(19)31-3)8-18-22(28)23(6-7-27,13-26-18)12-15-4-5-16(24)11-17(15)25/h4-5,9-11,18,26-27H,6-8,12-13H2,1-3H3. The second kappa shape index (κ2) is 9.62. The second-order valence-corrected chi connectivity index (χ2v) is 7.70. The van der Waals surface area contributed by atoms with Gasteiger partial charge in [-0.25, -0.2) is 8.78 Å². The Labute approximate surface area is 180 Å². The lowest BCUT2D eigenvalue weighted by Crippen LogP contribution is -2.37. The number of aliphatic hydroxyl groups excluding tert-OH is 1. The first-order valence-corrected chi connectivity index (χ1v) is 9.99. The van der Waals surface area contributed by atoms with Crippen LogP contribution in [0.1, 0.15) is 17.5 Å². The minimum absolute atomic E-state index is 0.0806. The zero-order chi connectivity index (χ0) is 22.6. The number of rotatable bonds is 9. The van der Waals surface area contributed by atoms with Crippen molar-refractivity contribution in [2.75, 3.05) is 34.5 Å². The first-order chi connectivity index (χ1) is 14.9. The molecule has 0 amide bonds. The minimum atomic E-state index is -0.973. The number of halogens is 2. The number of methoxy groups -OCH3 is 3. The van der Waals surface area contributed by atoms with Gasteiger partial charge >= 0.3 is 0 Å². The van der Waals surface area contributed by atoms with Crippen LogP contribution in [0.3, 0.4) is 0 Å². The van der Waals surface area contributed by atoms with Crippen molar-refractivity contribution in [3.8, 4) is 17.2 Å². The molecule has 3 rings (SSSR count). The van der Waals surface area contributed by atoms with E-state index in [0.29, 0.717) is 23.7 Å². The molecule has 2 N–H and O–H groups in total. The van der Waals surface area contributed by atoms with Crippen LogP contribution in [-0.4, -0.2) is 51.4 Å². The molecular weight excluding hydrogens is 408 g/mol. The molecule has 1 saturated heterocycles. The number of Topliss-reactive ketones (excluding diaryl/α,β-unsaturated/α-hetero) is 1. The summed E-state index contributed by atoms with van der Waals surface area (Å²) in [7, 11) is 4.55. The predicted molar refractivity (Wildman–Crippen MR) is 111 cm³/mol. The third-order valence-electron chi connectivity index (χ3n) is 5.82. The van der Waals surface area contributed by atoms with Crippen LogP contribution in [0.5, 0.6) is 17.2 Å². The molecule has 1 aliphatic heterocycles. The first-order valence-electron chi connectivity index (χ1n) is 9.99. The zero-order valence-corrected chi connectivity index (χ0v) is 17.8. The Hall–Kier alpha value is -2.71. The fraction of sp³-hybridized carbons (Fsp3) is 0.435. The predicted octanol–water partition coefficient (Wildman–Crippen LogP) is 2.69. The second-order valence-electron chi connectivity index (χ2n) is 7.70. The molecule has 0 radical (unpaired) electrons. The Balaban J connectivity index is 1.86. The minimum Gasteiger partial charge on any atom is -0.493 e. The summed E-state index contributed by atoms with van der Waals surface area (Å²) < 4.78 is 43.6. The number of benzene rings is 2. The summed E-state index contributed by atoms with van der Waals surface area (Å²) in [6, 6.07) is 6.36. The number of hydrogen-bond acceptors (Lipinski definition) is 6. The third-order valence-corrected chi connectivity index (χ3v) is 5.82. The molecule has 0 aliphatic carbocycles. The Morgan fingerprint density at radius 2 is 1.77 bits per heavy atom. The van der Waals surface area contributed by atoms with Gasteiger partial charge in [0.2, 0.25) is 5.75 Å². The Morgan fingerprint density at radius 3 is 2.32 bits per heavy atom. The van der Waals surface area contributed by atoms with E-state index in [-0.39, 0.29) is 37.3 Å². The van der Waals surface area contributed by atoms with Crippen LogP contribution >= 0.6 is 0 Å². The van der Waals surface area contributed by atoms with Crippen LogP contribution in [0.15, 0.2) is 30.3 Å². The molecule has 6 nitrogen and oxygen atoms in total. The van der Waals surface area contributed by atoms with Crippen molar-refractivity contribution in [2.45, 2.75) is 25.3 Å². The average Bonchev–Trinajstić information content (AvgIpc) is 3.05. The molecule has 8 heteroatoms. The highest BCUT2D eigenvalue weighted by Crippen LogP contribution is 2.40. The summed E-state index contributed by atoms with van der Waals surface area (Å²) in [4.78, 5) is 13.4. The van der Waals surface area contributed by atoms with Gasteiger partial charge in [-0.3, -0.25) is 4.79 Å². The van der Waals surface area contributed by atoms with Gasteiger partial charge in [0.25, 0.3) is 0 Å². The van der Waals surface area contributed by atoms with E-state index in [0.717, 1.165) is 11.6 Å². The molecule has 1 heterocycles. The van der Waals surface area contributed by atoms with Gasteiger partial charge in [-0.05, 0) is 48.6 Å². The molecule has 1 fully saturated rings. The molecule has 2 unspecified atom stereocenters. The van der Waals surface area contributed by atoms with Gasteiger partial charge in [0, 0.05) is 24.6 Å². The lowest BCUT2D eigenvalue weighted by molar-refractivity contribution is -0.127. The van der Waals surface area contributed by atoms with E-state index in [1.807, 2.05) is 0 Å². The Bertz CT molecular complexity index is 927. The average molecular weight is 435 g/mol. The highest BCUT2D eigenvalue weighted by atomic mass is 19.1. The van der Waals surface area contributed by atoms with Crippen molar-refractivity contribution < 1.29 is 32.9 Å². The number of carbonyl (C=O) groups excluding carboxylic acids is 1. The molecule has 0 aromatic heterocycles. The smallest absolute Gasteiger partial charge is 0.203 e. The molecule has 2 atom stereocenters. The number of ketones is 1. The van der Waals surface area contributed by atoms with E-state index < -0.39 is 23.1 Å². The maximum Gasteiger partial charge on any atom is 0.203 e. The topological polar surface area (TPSA) is 77.0 Å². The van der Waals surface area contributed by atoms with Crippen molar-refractivity contribution >= 4 is 5.78 Å². The van der Waals surface area contributed by atoms with Crippen LogP contribution in [0.25, 0.3) is 0 Å². The van der Waals surface area contributed by atoms with Gasteiger partial charge in [-0.2, -0.15) is 0 Å².